The van der Waals surface area contributed by atoms with Crippen LogP contribution in [0.5, 0.6) is 0 Å². The Labute approximate surface area is 184 Å². The van der Waals surface area contributed by atoms with E-state index in [0.717, 1.165) is 11.1 Å². The van der Waals surface area contributed by atoms with Gasteiger partial charge in [-0.3, -0.25) is 9.48 Å². The lowest BCUT2D eigenvalue weighted by Gasteiger charge is -2.29. The maximum absolute atomic E-state index is 13.1. The summed E-state index contributed by atoms with van der Waals surface area (Å²) in [6.45, 7) is 2.48. The molecule has 3 N–H and O–H groups in total. The zero-order valence-electron chi connectivity index (χ0n) is 16.2. The average molecular weight is 438 g/mol. The molecule has 1 aliphatic heterocycles. The molecular weight excluding hydrogens is 418 g/mol. The molecule has 152 valence electrons. The minimum atomic E-state index is -0.407. The van der Waals surface area contributed by atoms with Crippen LogP contribution >= 0.6 is 23.8 Å². The molecule has 2 aromatic carbocycles. The van der Waals surface area contributed by atoms with Crippen LogP contribution in [0.25, 0.3) is 0 Å². The molecule has 0 aliphatic carbocycles. The van der Waals surface area contributed by atoms with Crippen LogP contribution in [0.1, 0.15) is 24.1 Å². The number of hydrogen-bond donors (Lipinski definition) is 3. The smallest absolute Gasteiger partial charge is 0.255 e. The fourth-order valence-corrected chi connectivity index (χ4v) is 3.76. The molecule has 0 unspecified atom stereocenters. The van der Waals surface area contributed by atoms with Gasteiger partial charge in [0.2, 0.25) is 0 Å². The Bertz CT molecular complexity index is 1110. The van der Waals surface area contributed by atoms with Crippen LogP contribution in [0, 0.1) is 0 Å². The van der Waals surface area contributed by atoms with Crippen molar-refractivity contribution in [1.82, 2.24) is 20.4 Å². The standard InChI is InChI=1S/C22H20ClN5OS/c1-14-19(21(29)26-18-9-7-17(23)8-10-18)20(27-22(30)25-14)16-11-24-28(13-16)12-15-5-3-2-4-6-15/h2-11,13,20H,12H2,1H3,(H,26,29)(H2,25,27,30)/t20-/m0/s1. The van der Waals surface area contributed by atoms with Crippen molar-refractivity contribution in [2.24, 2.45) is 0 Å². The topological polar surface area (TPSA) is 71.0 Å². The summed E-state index contributed by atoms with van der Waals surface area (Å²) >= 11 is 11.3. The zero-order chi connectivity index (χ0) is 21.1. The molecular formula is C22H20ClN5OS. The van der Waals surface area contributed by atoms with Crippen molar-refractivity contribution in [3.63, 3.8) is 0 Å². The molecule has 4 rings (SSSR count). The largest absolute Gasteiger partial charge is 0.351 e. The van der Waals surface area contributed by atoms with Gasteiger partial charge in [-0.15, -0.1) is 0 Å². The number of thiocarbonyl (C=S) groups is 1. The number of aromatic nitrogens is 2. The number of nitrogens with one attached hydrogen (secondary N) is 3. The fourth-order valence-electron chi connectivity index (χ4n) is 3.36. The van der Waals surface area contributed by atoms with Crippen molar-refractivity contribution in [2.75, 3.05) is 5.32 Å². The first-order valence-corrected chi connectivity index (χ1v) is 10.2. The molecule has 1 amide bonds. The highest BCUT2D eigenvalue weighted by Crippen LogP contribution is 2.28. The number of benzene rings is 2. The van der Waals surface area contributed by atoms with Gasteiger partial charge in [0.05, 0.1) is 24.4 Å². The van der Waals surface area contributed by atoms with Gasteiger partial charge in [-0.2, -0.15) is 5.10 Å². The van der Waals surface area contributed by atoms with E-state index in [9.17, 15) is 4.79 Å². The molecule has 0 bridgehead atoms. The summed E-state index contributed by atoms with van der Waals surface area (Å²) in [7, 11) is 0. The second-order valence-electron chi connectivity index (χ2n) is 6.99. The Hall–Kier alpha value is -3.16. The van der Waals surface area contributed by atoms with E-state index in [0.29, 0.717) is 33.6 Å². The third-order valence-electron chi connectivity index (χ3n) is 4.79. The van der Waals surface area contributed by atoms with Crippen molar-refractivity contribution in [3.05, 3.63) is 94.4 Å². The second-order valence-corrected chi connectivity index (χ2v) is 7.83. The zero-order valence-corrected chi connectivity index (χ0v) is 17.8. The highest BCUT2D eigenvalue weighted by Gasteiger charge is 2.30. The van der Waals surface area contributed by atoms with Gasteiger partial charge in [0, 0.05) is 28.2 Å². The minimum absolute atomic E-state index is 0.224. The number of halogens is 1. The van der Waals surface area contributed by atoms with Crippen LogP contribution in [0.2, 0.25) is 5.02 Å². The number of anilines is 1. The molecule has 0 radical (unpaired) electrons. The highest BCUT2D eigenvalue weighted by atomic mass is 35.5. The van der Waals surface area contributed by atoms with Gasteiger partial charge in [-0.05, 0) is 49.0 Å². The molecule has 0 saturated carbocycles. The van der Waals surface area contributed by atoms with Gasteiger partial charge < -0.3 is 16.0 Å². The Kier molecular flexibility index (Phi) is 5.83. The molecule has 6 nitrogen and oxygen atoms in total. The van der Waals surface area contributed by atoms with E-state index in [4.69, 9.17) is 23.8 Å². The number of hydrogen-bond acceptors (Lipinski definition) is 3. The summed E-state index contributed by atoms with van der Waals surface area (Å²) in [6, 6.07) is 16.7. The van der Waals surface area contributed by atoms with Gasteiger partial charge in [0.15, 0.2) is 5.11 Å². The summed E-state index contributed by atoms with van der Waals surface area (Å²) in [4.78, 5) is 13.1. The molecule has 1 aromatic heterocycles. The third-order valence-corrected chi connectivity index (χ3v) is 5.26. The first-order valence-electron chi connectivity index (χ1n) is 9.41. The highest BCUT2D eigenvalue weighted by molar-refractivity contribution is 7.80. The summed E-state index contributed by atoms with van der Waals surface area (Å²) in [5.41, 5.74) is 3.92. The van der Waals surface area contributed by atoms with Crippen molar-refractivity contribution < 1.29 is 4.79 Å². The van der Waals surface area contributed by atoms with E-state index < -0.39 is 6.04 Å². The number of allylic oxidation sites excluding steroid dienone is 1. The maximum atomic E-state index is 13.1. The van der Waals surface area contributed by atoms with E-state index in [-0.39, 0.29) is 5.91 Å². The predicted octanol–water partition coefficient (Wildman–Crippen LogP) is 4.02. The van der Waals surface area contributed by atoms with Crippen molar-refractivity contribution >= 4 is 40.5 Å². The van der Waals surface area contributed by atoms with Gasteiger partial charge in [-0.25, -0.2) is 0 Å². The summed E-state index contributed by atoms with van der Waals surface area (Å²) < 4.78 is 1.85. The van der Waals surface area contributed by atoms with Gasteiger partial charge in [0.1, 0.15) is 0 Å². The van der Waals surface area contributed by atoms with Crippen molar-refractivity contribution in [2.45, 2.75) is 19.5 Å². The molecule has 0 fully saturated rings. The lowest BCUT2D eigenvalue weighted by atomic mass is 9.97. The molecule has 0 spiro atoms. The SMILES string of the molecule is CC1=C(C(=O)Nc2ccc(Cl)cc2)[C@H](c2cnn(Cc3ccccc3)c2)NC(=S)N1. The predicted molar refractivity (Wildman–Crippen MR) is 122 cm³/mol. The van der Waals surface area contributed by atoms with Crippen LogP contribution in [0.15, 0.2) is 78.3 Å². The first kappa shape index (κ1) is 20.1. The molecule has 2 heterocycles. The van der Waals surface area contributed by atoms with Crippen LogP contribution in [0.4, 0.5) is 5.69 Å². The molecule has 1 atom stereocenters. The van der Waals surface area contributed by atoms with Crippen molar-refractivity contribution in [3.8, 4) is 0 Å². The number of carbonyl (C=O) groups is 1. The van der Waals surface area contributed by atoms with Crippen LogP contribution in [0.3, 0.4) is 0 Å². The van der Waals surface area contributed by atoms with Crippen LogP contribution < -0.4 is 16.0 Å². The Morgan fingerprint density at radius 2 is 1.93 bits per heavy atom. The lowest BCUT2D eigenvalue weighted by Crippen LogP contribution is -2.45. The van der Waals surface area contributed by atoms with Gasteiger partial charge >= 0.3 is 0 Å². The maximum Gasteiger partial charge on any atom is 0.255 e. The van der Waals surface area contributed by atoms with E-state index in [1.807, 2.05) is 48.1 Å². The van der Waals surface area contributed by atoms with Crippen LogP contribution in [-0.2, 0) is 11.3 Å². The van der Waals surface area contributed by atoms with Gasteiger partial charge in [0.25, 0.3) is 5.91 Å². The molecule has 8 heteroatoms. The van der Waals surface area contributed by atoms with E-state index in [1.54, 1.807) is 30.5 Å². The number of carbonyl (C=O) groups excluding carboxylic acids is 1. The van der Waals surface area contributed by atoms with E-state index >= 15 is 0 Å². The second kappa shape index (κ2) is 8.69. The minimum Gasteiger partial charge on any atom is -0.351 e. The fraction of sp³-hybridized carbons (Fsp3) is 0.136. The molecule has 30 heavy (non-hydrogen) atoms. The molecule has 3 aromatic rings. The van der Waals surface area contributed by atoms with Crippen molar-refractivity contribution in [1.29, 1.82) is 0 Å². The lowest BCUT2D eigenvalue weighted by molar-refractivity contribution is -0.113. The first-order chi connectivity index (χ1) is 14.5. The van der Waals surface area contributed by atoms with E-state index in [2.05, 4.69) is 21.0 Å². The van der Waals surface area contributed by atoms with Gasteiger partial charge in [-0.1, -0.05) is 41.9 Å². The number of nitrogens with zero attached hydrogens (tertiary/aromatic N) is 2. The van der Waals surface area contributed by atoms with E-state index in [1.165, 1.54) is 0 Å². The molecule has 0 saturated heterocycles. The van der Waals surface area contributed by atoms with Crippen LogP contribution in [-0.4, -0.2) is 20.8 Å². The monoisotopic (exact) mass is 437 g/mol. The number of amides is 1. The quantitative estimate of drug-likeness (QED) is 0.526. The Morgan fingerprint density at radius 1 is 1.20 bits per heavy atom. The molecule has 1 aliphatic rings. The Balaban J connectivity index is 1.59. The Morgan fingerprint density at radius 3 is 2.67 bits per heavy atom. The summed E-state index contributed by atoms with van der Waals surface area (Å²) in [5, 5.41) is 14.7. The third kappa shape index (κ3) is 4.53. The average Bonchev–Trinajstić information content (AvgIpc) is 3.18. The number of rotatable bonds is 5. The summed E-state index contributed by atoms with van der Waals surface area (Å²) in [6.07, 6.45) is 3.69. The normalized spacial score (nSPS) is 16.1. The summed E-state index contributed by atoms with van der Waals surface area (Å²) in [5.74, 6) is -0.224.